The van der Waals surface area contributed by atoms with E-state index in [1.54, 1.807) is 16.8 Å². The summed E-state index contributed by atoms with van der Waals surface area (Å²) in [5.41, 5.74) is 3.45. The minimum Gasteiger partial charge on any atom is -0.321 e. The van der Waals surface area contributed by atoms with Crippen molar-refractivity contribution < 1.29 is 18.7 Å². The molecule has 0 saturated heterocycles. The van der Waals surface area contributed by atoms with Crippen LogP contribution in [-0.4, -0.2) is 19.6 Å². The highest BCUT2D eigenvalue weighted by Gasteiger charge is 2.21. The van der Waals surface area contributed by atoms with E-state index in [0.717, 1.165) is 11.5 Å². The summed E-state index contributed by atoms with van der Waals surface area (Å²) in [7, 11) is -4.34. The second kappa shape index (κ2) is 7.61. The molecular formula is C20H20FN2O3P. The molecular weight excluding hydrogens is 366 g/mol. The van der Waals surface area contributed by atoms with Crippen LogP contribution in [0, 0.1) is 5.82 Å². The molecule has 140 valence electrons. The molecule has 0 unspecified atom stereocenters. The van der Waals surface area contributed by atoms with Crippen LogP contribution in [0.2, 0.25) is 0 Å². The average Bonchev–Trinajstić information content (AvgIpc) is 3.00. The Bertz CT molecular complexity index is 1010. The van der Waals surface area contributed by atoms with Gasteiger partial charge >= 0.3 is 7.60 Å². The second-order valence-corrected chi connectivity index (χ2v) is 7.94. The van der Waals surface area contributed by atoms with Gasteiger partial charge in [-0.05, 0) is 48.4 Å². The first kappa shape index (κ1) is 19.2. The van der Waals surface area contributed by atoms with Crippen LogP contribution in [0.1, 0.15) is 31.0 Å². The summed E-state index contributed by atoms with van der Waals surface area (Å²) >= 11 is 0. The fourth-order valence-electron chi connectivity index (χ4n) is 2.85. The zero-order valence-corrected chi connectivity index (χ0v) is 15.8. The van der Waals surface area contributed by atoms with Gasteiger partial charge in [0, 0.05) is 16.9 Å². The van der Waals surface area contributed by atoms with E-state index in [1.807, 2.05) is 44.2 Å². The lowest BCUT2D eigenvalue weighted by Gasteiger charge is -2.09. The Morgan fingerprint density at radius 1 is 1.07 bits per heavy atom. The topological polar surface area (TPSA) is 75.4 Å². The molecule has 0 fully saturated rings. The van der Waals surface area contributed by atoms with Crippen LogP contribution in [0.3, 0.4) is 0 Å². The summed E-state index contributed by atoms with van der Waals surface area (Å²) in [6.45, 7) is 3.92. The molecule has 0 atom stereocenters. The molecule has 1 aromatic heterocycles. The van der Waals surface area contributed by atoms with Crippen LogP contribution < -0.4 is 0 Å². The number of halogens is 1. The summed E-state index contributed by atoms with van der Waals surface area (Å²) in [5, 5.41) is 4.70. The highest BCUT2D eigenvalue weighted by Crippen LogP contribution is 2.40. The van der Waals surface area contributed by atoms with Crippen LogP contribution in [0.5, 0.6) is 0 Å². The summed E-state index contributed by atoms with van der Waals surface area (Å²) in [6, 6.07) is 15.4. The summed E-state index contributed by atoms with van der Waals surface area (Å²) in [4.78, 5) is 18.6. The standard InChI is InChI=1S/C20H20FN2O3P/c1-14(2)19-18(12-13-27(24,25)26)20(15-8-10-16(21)11-9-15)23(22-19)17-6-4-3-5-7-17/h3-14H,1-2H3,(H2,24,25,26)/b13-12+. The van der Waals surface area contributed by atoms with E-state index in [0.29, 0.717) is 22.5 Å². The lowest BCUT2D eigenvalue weighted by Crippen LogP contribution is -2.00. The van der Waals surface area contributed by atoms with Gasteiger partial charge in [0.05, 0.1) is 17.1 Å². The van der Waals surface area contributed by atoms with E-state index in [9.17, 15) is 18.7 Å². The molecule has 0 saturated carbocycles. The van der Waals surface area contributed by atoms with Crippen molar-refractivity contribution in [2.75, 3.05) is 0 Å². The number of rotatable bonds is 5. The largest absolute Gasteiger partial charge is 0.349 e. The van der Waals surface area contributed by atoms with Crippen molar-refractivity contribution in [3.05, 3.63) is 77.5 Å². The van der Waals surface area contributed by atoms with Crippen molar-refractivity contribution in [1.82, 2.24) is 9.78 Å². The van der Waals surface area contributed by atoms with Gasteiger partial charge in [0.15, 0.2) is 0 Å². The van der Waals surface area contributed by atoms with Crippen molar-refractivity contribution in [1.29, 1.82) is 0 Å². The molecule has 1 heterocycles. The van der Waals surface area contributed by atoms with Gasteiger partial charge < -0.3 is 9.79 Å². The van der Waals surface area contributed by atoms with E-state index >= 15 is 0 Å². The lowest BCUT2D eigenvalue weighted by atomic mass is 10.00. The van der Waals surface area contributed by atoms with Crippen LogP contribution in [0.15, 0.2) is 60.4 Å². The zero-order valence-electron chi connectivity index (χ0n) is 15.0. The Kier molecular flexibility index (Phi) is 5.42. The number of hydrogen-bond donors (Lipinski definition) is 2. The Morgan fingerprint density at radius 2 is 1.70 bits per heavy atom. The van der Waals surface area contributed by atoms with Gasteiger partial charge in [-0.15, -0.1) is 0 Å². The van der Waals surface area contributed by atoms with Gasteiger partial charge in [0.1, 0.15) is 5.82 Å². The molecule has 0 aliphatic carbocycles. The Morgan fingerprint density at radius 3 is 2.26 bits per heavy atom. The predicted octanol–water partition coefficient (Wildman–Crippen LogP) is 4.95. The molecule has 3 rings (SSSR count). The first-order valence-electron chi connectivity index (χ1n) is 8.45. The first-order chi connectivity index (χ1) is 12.8. The number of nitrogens with zero attached hydrogens (tertiary/aromatic N) is 2. The van der Waals surface area contributed by atoms with Gasteiger partial charge in [-0.2, -0.15) is 5.10 Å². The van der Waals surface area contributed by atoms with Crippen molar-refractivity contribution in [3.63, 3.8) is 0 Å². The molecule has 2 aromatic carbocycles. The molecule has 0 radical (unpaired) electrons. The maximum absolute atomic E-state index is 13.4. The van der Waals surface area contributed by atoms with Gasteiger partial charge in [0.25, 0.3) is 0 Å². The van der Waals surface area contributed by atoms with Crippen LogP contribution >= 0.6 is 7.60 Å². The third-order valence-corrected chi connectivity index (χ3v) is 4.59. The first-order valence-corrected chi connectivity index (χ1v) is 10.1. The minimum atomic E-state index is -4.34. The molecule has 2 N–H and O–H groups in total. The number of para-hydroxylation sites is 1. The van der Waals surface area contributed by atoms with Crippen molar-refractivity contribution in [3.8, 4) is 16.9 Å². The van der Waals surface area contributed by atoms with E-state index < -0.39 is 7.60 Å². The van der Waals surface area contributed by atoms with E-state index in [1.165, 1.54) is 18.2 Å². The molecule has 0 aliphatic heterocycles. The Labute approximate surface area is 157 Å². The van der Waals surface area contributed by atoms with E-state index in [-0.39, 0.29) is 11.7 Å². The minimum absolute atomic E-state index is 0.0191. The third-order valence-electron chi connectivity index (χ3n) is 4.05. The van der Waals surface area contributed by atoms with Crippen molar-refractivity contribution >= 4 is 13.7 Å². The third kappa shape index (κ3) is 4.42. The zero-order chi connectivity index (χ0) is 19.6. The molecule has 5 nitrogen and oxygen atoms in total. The molecule has 0 bridgehead atoms. The predicted molar refractivity (Wildman–Crippen MR) is 104 cm³/mol. The smallest absolute Gasteiger partial charge is 0.321 e. The SMILES string of the molecule is CC(C)c1nn(-c2ccccc2)c(-c2ccc(F)cc2)c1/C=C/P(=O)(O)O. The lowest BCUT2D eigenvalue weighted by molar-refractivity contribution is 0.386. The van der Waals surface area contributed by atoms with Gasteiger partial charge in [-0.3, -0.25) is 4.57 Å². The highest BCUT2D eigenvalue weighted by molar-refractivity contribution is 7.55. The molecule has 27 heavy (non-hydrogen) atoms. The maximum Gasteiger partial charge on any atom is 0.349 e. The average molecular weight is 386 g/mol. The number of benzene rings is 2. The maximum atomic E-state index is 13.4. The fraction of sp³-hybridized carbons (Fsp3) is 0.150. The van der Waals surface area contributed by atoms with Gasteiger partial charge in [-0.25, -0.2) is 9.07 Å². The van der Waals surface area contributed by atoms with Gasteiger partial charge in [0.2, 0.25) is 0 Å². The number of hydrogen-bond acceptors (Lipinski definition) is 2. The molecule has 3 aromatic rings. The monoisotopic (exact) mass is 386 g/mol. The van der Waals surface area contributed by atoms with Crippen LogP contribution in [0.4, 0.5) is 4.39 Å². The molecule has 0 aliphatic rings. The highest BCUT2D eigenvalue weighted by atomic mass is 31.2. The van der Waals surface area contributed by atoms with E-state index in [2.05, 4.69) is 0 Å². The second-order valence-electron chi connectivity index (χ2n) is 6.46. The summed E-state index contributed by atoms with van der Waals surface area (Å²) in [6.07, 6.45) is 1.40. The summed E-state index contributed by atoms with van der Waals surface area (Å²) < 4.78 is 26.5. The van der Waals surface area contributed by atoms with Crippen LogP contribution in [-0.2, 0) is 4.57 Å². The van der Waals surface area contributed by atoms with E-state index in [4.69, 9.17) is 5.10 Å². The Hall–Kier alpha value is -2.53. The van der Waals surface area contributed by atoms with Gasteiger partial charge in [-0.1, -0.05) is 32.0 Å². The van der Waals surface area contributed by atoms with Crippen LogP contribution in [0.25, 0.3) is 23.0 Å². The van der Waals surface area contributed by atoms with Crippen molar-refractivity contribution in [2.24, 2.45) is 0 Å². The molecule has 0 amide bonds. The van der Waals surface area contributed by atoms with Crippen molar-refractivity contribution in [2.45, 2.75) is 19.8 Å². The fourth-order valence-corrected chi connectivity index (χ4v) is 3.19. The summed E-state index contributed by atoms with van der Waals surface area (Å²) in [5.74, 6) is 0.532. The molecule has 0 spiro atoms. The number of aromatic nitrogens is 2. The molecule has 7 heteroatoms. The quantitative estimate of drug-likeness (QED) is 0.609. The Balaban J connectivity index is 2.32. The normalized spacial score (nSPS) is 12.2.